The van der Waals surface area contributed by atoms with Crippen LogP contribution in [-0.4, -0.2) is 12.6 Å². The molecule has 4 rings (SSSR count). The number of ether oxygens (including phenoxy) is 2. The summed E-state index contributed by atoms with van der Waals surface area (Å²) in [6.07, 6.45) is 0. The molecule has 2 aromatic rings. The van der Waals surface area contributed by atoms with Crippen LogP contribution < -0.4 is 15.8 Å². The molecule has 22 heavy (non-hydrogen) atoms. The normalized spacial score (nSPS) is 20.6. The van der Waals surface area contributed by atoms with Crippen molar-refractivity contribution in [3.63, 3.8) is 0 Å². The topological polar surface area (TPSA) is 68.9 Å². The Morgan fingerprint density at radius 1 is 1.18 bits per heavy atom. The molecule has 0 spiro atoms. The second-order valence-corrected chi connectivity index (χ2v) is 5.72. The molecule has 1 atom stereocenters. The summed E-state index contributed by atoms with van der Waals surface area (Å²) in [6, 6.07) is 11.9. The maximum absolute atomic E-state index is 5.94. The highest BCUT2D eigenvalue weighted by Crippen LogP contribution is 2.39. The van der Waals surface area contributed by atoms with Gasteiger partial charge in [-0.05, 0) is 24.3 Å². The SMILES string of the molecule is Nc1cccc2c1COC(=NC1COc3cccc(S)c31)N2. The lowest BCUT2D eigenvalue weighted by atomic mass is 10.1. The largest absolute Gasteiger partial charge is 0.491 e. The minimum atomic E-state index is -0.117. The van der Waals surface area contributed by atoms with Gasteiger partial charge in [-0.3, -0.25) is 0 Å². The predicted molar refractivity (Wildman–Crippen MR) is 88.6 cm³/mol. The fourth-order valence-electron chi connectivity index (χ4n) is 2.73. The Kier molecular flexibility index (Phi) is 3.11. The van der Waals surface area contributed by atoms with E-state index in [0.717, 1.165) is 33.1 Å². The van der Waals surface area contributed by atoms with Crippen LogP contribution in [0.3, 0.4) is 0 Å². The number of aliphatic imine (C=N–C) groups is 1. The fourth-order valence-corrected chi connectivity index (χ4v) is 3.08. The summed E-state index contributed by atoms with van der Waals surface area (Å²) < 4.78 is 11.3. The molecule has 0 amide bonds. The number of benzene rings is 2. The Morgan fingerprint density at radius 3 is 2.95 bits per heavy atom. The van der Waals surface area contributed by atoms with Gasteiger partial charge in [-0.2, -0.15) is 0 Å². The van der Waals surface area contributed by atoms with E-state index < -0.39 is 0 Å². The molecule has 6 heteroatoms. The average molecular weight is 313 g/mol. The number of rotatable bonds is 1. The zero-order chi connectivity index (χ0) is 15.1. The van der Waals surface area contributed by atoms with Gasteiger partial charge in [0.05, 0.1) is 5.69 Å². The summed E-state index contributed by atoms with van der Waals surface area (Å²) in [4.78, 5) is 5.51. The lowest BCUT2D eigenvalue weighted by Gasteiger charge is -2.22. The van der Waals surface area contributed by atoms with Crippen LogP contribution in [0, 0.1) is 0 Å². The highest BCUT2D eigenvalue weighted by Gasteiger charge is 2.27. The van der Waals surface area contributed by atoms with Gasteiger partial charge in [0.25, 0.3) is 6.02 Å². The zero-order valence-corrected chi connectivity index (χ0v) is 12.6. The summed E-state index contributed by atoms with van der Waals surface area (Å²) >= 11 is 4.50. The Labute approximate surface area is 133 Å². The Hall–Kier alpha value is -2.34. The lowest BCUT2D eigenvalue weighted by Crippen LogP contribution is -2.24. The van der Waals surface area contributed by atoms with Crippen LogP contribution in [0.5, 0.6) is 5.75 Å². The van der Waals surface area contributed by atoms with E-state index in [4.69, 9.17) is 15.2 Å². The van der Waals surface area contributed by atoms with Gasteiger partial charge in [0.1, 0.15) is 25.0 Å². The van der Waals surface area contributed by atoms with Gasteiger partial charge < -0.3 is 20.5 Å². The molecule has 0 fully saturated rings. The molecule has 2 aliphatic heterocycles. The van der Waals surface area contributed by atoms with Crippen LogP contribution in [0.15, 0.2) is 46.3 Å². The second kappa shape index (κ2) is 5.14. The number of hydrogen-bond donors (Lipinski definition) is 3. The van der Waals surface area contributed by atoms with E-state index in [0.29, 0.717) is 19.2 Å². The van der Waals surface area contributed by atoms with Crippen LogP contribution in [0.2, 0.25) is 0 Å². The molecule has 112 valence electrons. The Balaban J connectivity index is 1.64. The van der Waals surface area contributed by atoms with Crippen molar-refractivity contribution in [2.45, 2.75) is 17.5 Å². The number of nitrogens with zero attached hydrogens (tertiary/aromatic N) is 1. The molecular formula is C16H15N3O2S. The number of nitrogens with two attached hydrogens (primary N) is 1. The molecular weight excluding hydrogens is 298 g/mol. The van der Waals surface area contributed by atoms with Crippen molar-refractivity contribution < 1.29 is 9.47 Å². The molecule has 0 aromatic heterocycles. The molecule has 2 heterocycles. The molecule has 2 aliphatic rings. The highest BCUT2D eigenvalue weighted by molar-refractivity contribution is 7.80. The molecule has 1 unspecified atom stereocenters. The van der Waals surface area contributed by atoms with Crippen molar-refractivity contribution in [1.29, 1.82) is 0 Å². The zero-order valence-electron chi connectivity index (χ0n) is 11.7. The van der Waals surface area contributed by atoms with Gasteiger partial charge in [-0.1, -0.05) is 12.1 Å². The third-order valence-electron chi connectivity index (χ3n) is 3.85. The molecule has 0 aliphatic carbocycles. The lowest BCUT2D eigenvalue weighted by molar-refractivity contribution is 0.279. The first-order valence-electron chi connectivity index (χ1n) is 7.02. The number of fused-ring (bicyclic) bond motifs is 2. The van der Waals surface area contributed by atoms with Crippen LogP contribution >= 0.6 is 12.6 Å². The van der Waals surface area contributed by atoms with E-state index in [2.05, 4.69) is 22.9 Å². The summed E-state index contributed by atoms with van der Waals surface area (Å²) in [5, 5.41) is 3.18. The molecule has 0 saturated heterocycles. The maximum Gasteiger partial charge on any atom is 0.290 e. The van der Waals surface area contributed by atoms with Crippen molar-refractivity contribution in [2.24, 2.45) is 4.99 Å². The number of thiol groups is 1. The van der Waals surface area contributed by atoms with Gasteiger partial charge in [0.2, 0.25) is 0 Å². The number of nitrogen functional groups attached to an aromatic ring is 1. The average Bonchev–Trinajstić information content (AvgIpc) is 2.92. The van der Waals surface area contributed by atoms with Crippen LogP contribution in [0.25, 0.3) is 0 Å². The quantitative estimate of drug-likeness (QED) is 0.559. The third-order valence-corrected chi connectivity index (χ3v) is 4.24. The summed E-state index contributed by atoms with van der Waals surface area (Å²) in [6.45, 7) is 0.905. The van der Waals surface area contributed by atoms with E-state index in [1.807, 2.05) is 36.4 Å². The maximum atomic E-state index is 5.94. The molecule has 0 bridgehead atoms. The van der Waals surface area contributed by atoms with Crippen molar-refractivity contribution >= 4 is 30.0 Å². The minimum Gasteiger partial charge on any atom is -0.491 e. The molecule has 5 nitrogen and oxygen atoms in total. The first kappa shape index (κ1) is 13.3. The summed E-state index contributed by atoms with van der Waals surface area (Å²) in [5.41, 5.74) is 9.56. The molecule has 0 radical (unpaired) electrons. The van der Waals surface area contributed by atoms with E-state index >= 15 is 0 Å². The van der Waals surface area contributed by atoms with Crippen LogP contribution in [0.1, 0.15) is 17.2 Å². The smallest absolute Gasteiger partial charge is 0.290 e. The fraction of sp³-hybridized carbons (Fsp3) is 0.188. The van der Waals surface area contributed by atoms with E-state index in [-0.39, 0.29) is 6.04 Å². The van der Waals surface area contributed by atoms with Crippen molar-refractivity contribution in [3.8, 4) is 5.75 Å². The van der Waals surface area contributed by atoms with E-state index in [1.165, 1.54) is 0 Å². The molecule has 3 N–H and O–H groups in total. The van der Waals surface area contributed by atoms with Gasteiger partial charge in [-0.25, -0.2) is 4.99 Å². The molecule has 2 aromatic carbocycles. The summed E-state index contributed by atoms with van der Waals surface area (Å²) in [7, 11) is 0. The standard InChI is InChI=1S/C16H15N3O2S/c17-10-3-1-4-11-9(10)7-21-16(18-11)19-12-8-20-13-5-2-6-14(22)15(12)13/h1-6,12,22H,7-8,17H2,(H,18,19). The van der Waals surface area contributed by atoms with Gasteiger partial charge in [-0.15, -0.1) is 12.6 Å². The van der Waals surface area contributed by atoms with E-state index in [1.54, 1.807) is 0 Å². The Morgan fingerprint density at radius 2 is 2.05 bits per heavy atom. The van der Waals surface area contributed by atoms with Gasteiger partial charge in [0, 0.05) is 21.7 Å². The minimum absolute atomic E-state index is 0.117. The highest BCUT2D eigenvalue weighted by atomic mass is 32.1. The molecule has 0 saturated carbocycles. The van der Waals surface area contributed by atoms with Gasteiger partial charge in [0.15, 0.2) is 0 Å². The predicted octanol–water partition coefficient (Wildman–Crippen LogP) is 2.99. The monoisotopic (exact) mass is 313 g/mol. The number of amidine groups is 1. The first-order valence-corrected chi connectivity index (χ1v) is 7.47. The van der Waals surface area contributed by atoms with Crippen molar-refractivity contribution in [3.05, 3.63) is 47.5 Å². The summed E-state index contributed by atoms with van der Waals surface area (Å²) in [5.74, 6) is 0.835. The van der Waals surface area contributed by atoms with Crippen LogP contribution in [-0.2, 0) is 11.3 Å². The van der Waals surface area contributed by atoms with Crippen LogP contribution in [0.4, 0.5) is 11.4 Å². The second-order valence-electron chi connectivity index (χ2n) is 5.24. The van der Waals surface area contributed by atoms with Crippen molar-refractivity contribution in [2.75, 3.05) is 17.7 Å². The van der Waals surface area contributed by atoms with Gasteiger partial charge >= 0.3 is 0 Å². The third kappa shape index (κ3) is 2.16. The number of hydrogen-bond acceptors (Lipinski definition) is 5. The van der Waals surface area contributed by atoms with Crippen molar-refractivity contribution in [1.82, 2.24) is 0 Å². The first-order chi connectivity index (χ1) is 10.7. The number of nitrogens with one attached hydrogen (secondary N) is 1. The number of anilines is 2. The van der Waals surface area contributed by atoms with E-state index in [9.17, 15) is 0 Å². The Bertz CT molecular complexity index is 776.